The Morgan fingerprint density at radius 1 is 1.15 bits per heavy atom. The van der Waals surface area contributed by atoms with Crippen LogP contribution in [0.1, 0.15) is 18.1 Å². The third-order valence-corrected chi connectivity index (χ3v) is 4.33. The molecule has 1 amide bonds. The second-order valence-corrected chi connectivity index (χ2v) is 6.55. The van der Waals surface area contributed by atoms with Crippen molar-refractivity contribution in [3.8, 4) is 11.5 Å². The van der Waals surface area contributed by atoms with E-state index in [2.05, 4.69) is 31.8 Å². The molecule has 6 nitrogen and oxygen atoms in total. The van der Waals surface area contributed by atoms with E-state index in [0.717, 1.165) is 15.7 Å². The van der Waals surface area contributed by atoms with E-state index in [1.165, 1.54) is 6.21 Å². The van der Waals surface area contributed by atoms with E-state index in [-0.39, 0.29) is 5.91 Å². The van der Waals surface area contributed by atoms with Crippen LogP contribution in [0.3, 0.4) is 0 Å². The number of anilines is 1. The summed E-state index contributed by atoms with van der Waals surface area (Å²) in [6.45, 7) is 3.79. The Morgan fingerprint density at radius 3 is 2.42 bits per heavy atom. The molecular formula is C19H22BrN3O3. The third-order valence-electron chi connectivity index (χ3n) is 3.71. The molecule has 7 heteroatoms. The van der Waals surface area contributed by atoms with Crippen LogP contribution in [0.15, 0.2) is 46.0 Å². The summed E-state index contributed by atoms with van der Waals surface area (Å²) in [7, 11) is 3.14. The van der Waals surface area contributed by atoms with Gasteiger partial charge in [-0.3, -0.25) is 4.79 Å². The van der Waals surface area contributed by atoms with Crippen LogP contribution in [0, 0.1) is 6.92 Å². The molecule has 0 unspecified atom stereocenters. The fraction of sp³-hybridized carbons (Fsp3) is 0.263. The van der Waals surface area contributed by atoms with Crippen molar-refractivity contribution < 1.29 is 14.3 Å². The minimum absolute atomic E-state index is 0.242. The summed E-state index contributed by atoms with van der Waals surface area (Å²) in [5.74, 6) is 1.00. The Morgan fingerprint density at radius 2 is 1.81 bits per heavy atom. The van der Waals surface area contributed by atoms with Crippen LogP contribution in [0.4, 0.5) is 5.69 Å². The van der Waals surface area contributed by atoms with Crippen LogP contribution >= 0.6 is 15.9 Å². The fourth-order valence-corrected chi connectivity index (χ4v) is 2.73. The van der Waals surface area contributed by atoms with Gasteiger partial charge in [-0.1, -0.05) is 17.7 Å². The lowest BCUT2D eigenvalue weighted by atomic mass is 10.2. The molecule has 0 spiro atoms. The van der Waals surface area contributed by atoms with Gasteiger partial charge in [-0.15, -0.1) is 0 Å². The lowest BCUT2D eigenvalue weighted by molar-refractivity contribution is -0.121. The standard InChI is InChI=1S/C19H22BrN3O3/c1-12-5-7-15(8-6-12)22-13(2)19(24)23-21-11-14-9-16(20)18(26-4)10-17(14)25-3/h5-11,13,22H,1-4H3,(H,23,24)/b21-11-/t13-/m0/s1. The molecule has 0 aliphatic rings. The Bertz CT molecular complexity index is 791. The summed E-state index contributed by atoms with van der Waals surface area (Å²) in [5, 5.41) is 7.15. The summed E-state index contributed by atoms with van der Waals surface area (Å²) in [6.07, 6.45) is 1.53. The molecule has 138 valence electrons. The second-order valence-electron chi connectivity index (χ2n) is 5.70. The van der Waals surface area contributed by atoms with Gasteiger partial charge in [0.15, 0.2) is 0 Å². The lowest BCUT2D eigenvalue weighted by Gasteiger charge is -2.13. The number of hydrogen-bond acceptors (Lipinski definition) is 5. The number of nitrogens with one attached hydrogen (secondary N) is 2. The molecular weight excluding hydrogens is 398 g/mol. The van der Waals surface area contributed by atoms with E-state index in [1.807, 2.05) is 31.2 Å². The van der Waals surface area contributed by atoms with Crippen LogP contribution < -0.4 is 20.2 Å². The molecule has 0 radical (unpaired) electrons. The highest BCUT2D eigenvalue weighted by atomic mass is 79.9. The first kappa shape index (κ1) is 19.8. The van der Waals surface area contributed by atoms with Gasteiger partial charge >= 0.3 is 0 Å². The van der Waals surface area contributed by atoms with Crippen molar-refractivity contribution in [2.45, 2.75) is 19.9 Å². The highest BCUT2D eigenvalue weighted by molar-refractivity contribution is 9.10. The van der Waals surface area contributed by atoms with Crippen LogP contribution in [0.25, 0.3) is 0 Å². The first-order valence-electron chi connectivity index (χ1n) is 8.02. The molecule has 0 heterocycles. The van der Waals surface area contributed by atoms with Gasteiger partial charge in [0.05, 0.1) is 24.9 Å². The molecule has 26 heavy (non-hydrogen) atoms. The van der Waals surface area contributed by atoms with Gasteiger partial charge in [0.1, 0.15) is 17.5 Å². The topological polar surface area (TPSA) is 72.0 Å². The average molecular weight is 420 g/mol. The Hall–Kier alpha value is -2.54. The monoisotopic (exact) mass is 419 g/mol. The molecule has 2 N–H and O–H groups in total. The maximum atomic E-state index is 12.2. The molecule has 2 rings (SSSR count). The first-order chi connectivity index (χ1) is 12.4. The maximum absolute atomic E-state index is 12.2. The smallest absolute Gasteiger partial charge is 0.262 e. The Kier molecular flexibility index (Phi) is 7.03. The number of ether oxygens (including phenoxy) is 2. The number of methoxy groups -OCH3 is 2. The number of rotatable bonds is 7. The van der Waals surface area contributed by atoms with Crippen molar-refractivity contribution in [1.29, 1.82) is 0 Å². The summed E-state index contributed by atoms with van der Waals surface area (Å²) >= 11 is 3.42. The van der Waals surface area contributed by atoms with Gasteiger partial charge in [0, 0.05) is 17.3 Å². The number of hydrazone groups is 1. The van der Waals surface area contributed by atoms with Crippen molar-refractivity contribution >= 4 is 33.7 Å². The maximum Gasteiger partial charge on any atom is 0.262 e. The molecule has 0 aromatic heterocycles. The SMILES string of the molecule is COc1cc(OC)c(/C=N\NC(=O)[C@H](C)Nc2ccc(C)cc2)cc1Br. The Balaban J connectivity index is 1.99. The number of halogens is 1. The van der Waals surface area contributed by atoms with Crippen LogP contribution in [-0.2, 0) is 4.79 Å². The zero-order valence-electron chi connectivity index (χ0n) is 15.2. The first-order valence-corrected chi connectivity index (χ1v) is 8.81. The number of carbonyl (C=O) groups excluding carboxylic acids is 1. The lowest BCUT2D eigenvalue weighted by Crippen LogP contribution is -2.34. The summed E-state index contributed by atoms with van der Waals surface area (Å²) in [5.41, 5.74) is 5.28. The molecule has 0 aliphatic heterocycles. The molecule has 0 bridgehead atoms. The van der Waals surface area contributed by atoms with E-state index in [9.17, 15) is 4.79 Å². The predicted molar refractivity (Wildman–Crippen MR) is 107 cm³/mol. The van der Waals surface area contributed by atoms with Crippen LogP contribution in [0.2, 0.25) is 0 Å². The van der Waals surface area contributed by atoms with Crippen LogP contribution in [-0.4, -0.2) is 32.4 Å². The highest BCUT2D eigenvalue weighted by Crippen LogP contribution is 2.31. The van der Waals surface area contributed by atoms with Crippen molar-refractivity contribution in [1.82, 2.24) is 5.43 Å². The van der Waals surface area contributed by atoms with Gasteiger partial charge in [-0.25, -0.2) is 5.43 Å². The molecule has 1 atom stereocenters. The molecule has 0 saturated carbocycles. The van der Waals surface area contributed by atoms with Gasteiger partial charge in [0.25, 0.3) is 5.91 Å². The quantitative estimate of drug-likeness (QED) is 0.529. The normalized spacial score (nSPS) is 11.9. The summed E-state index contributed by atoms with van der Waals surface area (Å²) in [6, 6.07) is 11.0. The van der Waals surface area contributed by atoms with Gasteiger partial charge < -0.3 is 14.8 Å². The number of carbonyl (C=O) groups is 1. The van der Waals surface area contributed by atoms with Crippen molar-refractivity contribution in [3.05, 3.63) is 52.0 Å². The van der Waals surface area contributed by atoms with Crippen molar-refractivity contribution in [2.75, 3.05) is 19.5 Å². The molecule has 0 aliphatic carbocycles. The van der Waals surface area contributed by atoms with Gasteiger partial charge in [-0.2, -0.15) is 5.10 Å². The van der Waals surface area contributed by atoms with Gasteiger partial charge in [-0.05, 0) is 48.0 Å². The molecule has 2 aromatic carbocycles. The van der Waals surface area contributed by atoms with E-state index in [0.29, 0.717) is 17.1 Å². The zero-order valence-corrected chi connectivity index (χ0v) is 16.8. The molecule has 0 saturated heterocycles. The fourth-order valence-electron chi connectivity index (χ4n) is 2.21. The highest BCUT2D eigenvalue weighted by Gasteiger charge is 2.12. The summed E-state index contributed by atoms with van der Waals surface area (Å²) in [4.78, 5) is 12.2. The minimum Gasteiger partial charge on any atom is -0.496 e. The third kappa shape index (κ3) is 5.23. The van der Waals surface area contributed by atoms with E-state index in [1.54, 1.807) is 33.3 Å². The number of hydrogen-bond donors (Lipinski definition) is 2. The van der Waals surface area contributed by atoms with Crippen molar-refractivity contribution in [2.24, 2.45) is 5.10 Å². The number of nitrogens with zero attached hydrogens (tertiary/aromatic N) is 1. The van der Waals surface area contributed by atoms with Crippen molar-refractivity contribution in [3.63, 3.8) is 0 Å². The largest absolute Gasteiger partial charge is 0.496 e. The number of amides is 1. The molecule has 2 aromatic rings. The summed E-state index contributed by atoms with van der Waals surface area (Å²) < 4.78 is 11.3. The number of benzene rings is 2. The molecule has 0 fully saturated rings. The van der Waals surface area contributed by atoms with Crippen LogP contribution in [0.5, 0.6) is 11.5 Å². The van der Waals surface area contributed by atoms with Gasteiger partial charge in [0.2, 0.25) is 0 Å². The average Bonchev–Trinajstić information content (AvgIpc) is 2.63. The predicted octanol–water partition coefficient (Wildman–Crippen LogP) is 3.73. The van der Waals surface area contributed by atoms with E-state index in [4.69, 9.17) is 9.47 Å². The minimum atomic E-state index is -0.431. The zero-order chi connectivity index (χ0) is 19.1. The number of aryl methyl sites for hydroxylation is 1. The van der Waals surface area contributed by atoms with E-state index >= 15 is 0 Å². The Labute approximate surface area is 161 Å². The second kappa shape index (κ2) is 9.24. The van der Waals surface area contributed by atoms with E-state index < -0.39 is 6.04 Å².